The first-order chi connectivity index (χ1) is 17.8. The Morgan fingerprint density at radius 1 is 0.784 bits per heavy atom. The summed E-state index contributed by atoms with van der Waals surface area (Å²) in [6.07, 6.45) is 0.540. The molecule has 0 aliphatic carbocycles. The van der Waals surface area contributed by atoms with Gasteiger partial charge in [0, 0.05) is 33.6 Å². The van der Waals surface area contributed by atoms with Crippen molar-refractivity contribution < 1.29 is 9.59 Å². The standard InChI is InChI=1S/C30H23Cl3N2O2/c1-19-17-28(24-9-5-6-10-27(24)34(19)29(36)20-11-14-22(31)15-12-20)35(23-7-3-2-4-8-23)30(37)21-13-16-25(32)26(33)18-21/h2-16,18-19,28H,17H2,1H3/t19-,28-/m1/s1. The molecule has 4 aromatic rings. The third-order valence-electron chi connectivity index (χ3n) is 6.60. The number of amides is 2. The SMILES string of the molecule is C[C@@H]1C[C@@H](N(C(=O)c2ccc(Cl)c(Cl)c2)c2ccccc2)c2ccccc2N1C(=O)c1ccc(Cl)cc1. The molecule has 186 valence electrons. The van der Waals surface area contributed by atoms with Gasteiger partial charge in [-0.25, -0.2) is 0 Å². The second-order valence-electron chi connectivity index (χ2n) is 8.98. The van der Waals surface area contributed by atoms with Crippen LogP contribution in [0.2, 0.25) is 15.1 Å². The second kappa shape index (κ2) is 10.6. The summed E-state index contributed by atoms with van der Waals surface area (Å²) in [6.45, 7) is 2.00. The fourth-order valence-electron chi connectivity index (χ4n) is 4.86. The summed E-state index contributed by atoms with van der Waals surface area (Å²) in [4.78, 5) is 31.3. The highest BCUT2D eigenvalue weighted by Crippen LogP contribution is 2.43. The van der Waals surface area contributed by atoms with Crippen LogP contribution in [0.25, 0.3) is 0 Å². The number of carbonyl (C=O) groups excluding carboxylic acids is 2. The van der Waals surface area contributed by atoms with Gasteiger partial charge in [0.05, 0.1) is 16.1 Å². The zero-order chi connectivity index (χ0) is 26.1. The molecule has 2 amide bonds. The number of fused-ring (bicyclic) bond motifs is 1. The van der Waals surface area contributed by atoms with Gasteiger partial charge in [-0.2, -0.15) is 0 Å². The summed E-state index contributed by atoms with van der Waals surface area (Å²) in [5, 5.41) is 1.28. The third kappa shape index (κ3) is 4.97. The predicted molar refractivity (Wildman–Crippen MR) is 151 cm³/mol. The molecule has 0 N–H and O–H groups in total. The van der Waals surface area contributed by atoms with Crippen molar-refractivity contribution in [3.63, 3.8) is 0 Å². The molecule has 37 heavy (non-hydrogen) atoms. The first-order valence-corrected chi connectivity index (χ1v) is 13.0. The van der Waals surface area contributed by atoms with Crippen LogP contribution in [0.3, 0.4) is 0 Å². The van der Waals surface area contributed by atoms with Gasteiger partial charge in [0.2, 0.25) is 0 Å². The zero-order valence-corrected chi connectivity index (χ0v) is 22.2. The van der Waals surface area contributed by atoms with Crippen LogP contribution >= 0.6 is 34.8 Å². The van der Waals surface area contributed by atoms with E-state index >= 15 is 0 Å². The number of rotatable bonds is 4. The van der Waals surface area contributed by atoms with Gasteiger partial charge in [0.25, 0.3) is 11.8 Å². The zero-order valence-electron chi connectivity index (χ0n) is 19.9. The van der Waals surface area contributed by atoms with Gasteiger partial charge in [0.1, 0.15) is 0 Å². The minimum absolute atomic E-state index is 0.114. The maximum atomic E-state index is 14.0. The lowest BCUT2D eigenvalue weighted by atomic mass is 9.89. The highest BCUT2D eigenvalue weighted by Gasteiger charge is 2.39. The first-order valence-electron chi connectivity index (χ1n) is 11.9. The lowest BCUT2D eigenvalue weighted by Crippen LogP contribution is -2.47. The van der Waals surface area contributed by atoms with Gasteiger partial charge in [0.15, 0.2) is 0 Å². The fraction of sp³-hybridized carbons (Fsp3) is 0.133. The summed E-state index contributed by atoms with van der Waals surface area (Å²) >= 11 is 18.4. The van der Waals surface area contributed by atoms with Crippen molar-refractivity contribution in [2.24, 2.45) is 0 Å². The van der Waals surface area contributed by atoms with E-state index < -0.39 is 0 Å². The van der Waals surface area contributed by atoms with E-state index in [1.807, 2.05) is 66.4 Å². The number of hydrogen-bond acceptors (Lipinski definition) is 2. The minimum Gasteiger partial charge on any atom is -0.305 e. The Hall–Kier alpha value is -3.31. The lowest BCUT2D eigenvalue weighted by Gasteiger charge is -2.43. The number of benzene rings is 4. The largest absolute Gasteiger partial charge is 0.305 e. The molecule has 0 radical (unpaired) electrons. The molecule has 1 aliphatic rings. The molecular weight excluding hydrogens is 527 g/mol. The quantitative estimate of drug-likeness (QED) is 0.256. The highest BCUT2D eigenvalue weighted by molar-refractivity contribution is 6.42. The maximum Gasteiger partial charge on any atom is 0.258 e. The van der Waals surface area contributed by atoms with E-state index in [1.54, 1.807) is 47.4 Å². The van der Waals surface area contributed by atoms with Crippen LogP contribution in [0.4, 0.5) is 11.4 Å². The monoisotopic (exact) mass is 548 g/mol. The number of para-hydroxylation sites is 2. The van der Waals surface area contributed by atoms with Crippen molar-refractivity contribution >= 4 is 58.0 Å². The molecule has 0 fully saturated rings. The second-order valence-corrected chi connectivity index (χ2v) is 10.2. The molecule has 0 saturated heterocycles. The van der Waals surface area contributed by atoms with Crippen LogP contribution in [0.1, 0.15) is 45.7 Å². The number of nitrogens with zero attached hydrogens (tertiary/aromatic N) is 2. The van der Waals surface area contributed by atoms with Crippen molar-refractivity contribution in [3.8, 4) is 0 Å². The van der Waals surface area contributed by atoms with Crippen molar-refractivity contribution in [2.75, 3.05) is 9.80 Å². The minimum atomic E-state index is -0.315. The third-order valence-corrected chi connectivity index (χ3v) is 7.59. The maximum absolute atomic E-state index is 14.0. The van der Waals surface area contributed by atoms with Gasteiger partial charge in [-0.1, -0.05) is 71.2 Å². The van der Waals surface area contributed by atoms with Crippen LogP contribution < -0.4 is 9.80 Å². The van der Waals surface area contributed by atoms with Crippen molar-refractivity contribution in [1.29, 1.82) is 0 Å². The topological polar surface area (TPSA) is 40.6 Å². The highest BCUT2D eigenvalue weighted by atomic mass is 35.5. The molecule has 4 aromatic carbocycles. The molecule has 0 unspecified atom stereocenters. The normalized spacial score (nSPS) is 16.7. The Bertz CT molecular complexity index is 1460. The number of anilines is 2. The van der Waals surface area contributed by atoms with Gasteiger partial charge in [-0.3, -0.25) is 9.59 Å². The van der Waals surface area contributed by atoms with E-state index in [1.165, 1.54) is 0 Å². The molecule has 0 aromatic heterocycles. The van der Waals surface area contributed by atoms with Crippen LogP contribution in [-0.2, 0) is 0 Å². The molecule has 5 rings (SSSR count). The molecule has 0 spiro atoms. The number of carbonyl (C=O) groups is 2. The summed E-state index contributed by atoms with van der Waals surface area (Å²) < 4.78 is 0. The first kappa shape index (κ1) is 25.3. The molecular formula is C30H23Cl3N2O2. The van der Waals surface area contributed by atoms with Gasteiger partial charge in [-0.05, 0) is 79.6 Å². The van der Waals surface area contributed by atoms with Crippen LogP contribution in [0.15, 0.2) is 97.1 Å². The van der Waals surface area contributed by atoms with Crippen molar-refractivity contribution in [2.45, 2.75) is 25.4 Å². The van der Waals surface area contributed by atoms with Crippen molar-refractivity contribution in [3.05, 3.63) is 129 Å². The average Bonchev–Trinajstić information content (AvgIpc) is 2.91. The Kier molecular flexibility index (Phi) is 7.25. The Morgan fingerprint density at radius 2 is 1.43 bits per heavy atom. The molecule has 1 aliphatic heterocycles. The van der Waals surface area contributed by atoms with E-state index in [4.69, 9.17) is 34.8 Å². The molecule has 7 heteroatoms. The van der Waals surface area contributed by atoms with E-state index in [2.05, 4.69) is 0 Å². The van der Waals surface area contributed by atoms with Gasteiger partial charge < -0.3 is 9.80 Å². The Labute approximate surface area is 231 Å². The molecule has 1 heterocycles. The van der Waals surface area contributed by atoms with Crippen LogP contribution in [0.5, 0.6) is 0 Å². The van der Waals surface area contributed by atoms with E-state index in [0.29, 0.717) is 32.6 Å². The average molecular weight is 550 g/mol. The number of hydrogen-bond donors (Lipinski definition) is 0. The Morgan fingerprint density at radius 3 is 2.14 bits per heavy atom. The van der Waals surface area contributed by atoms with Crippen LogP contribution in [0, 0.1) is 0 Å². The molecule has 4 nitrogen and oxygen atoms in total. The van der Waals surface area contributed by atoms with Crippen LogP contribution in [-0.4, -0.2) is 17.9 Å². The predicted octanol–water partition coefficient (Wildman–Crippen LogP) is 8.47. The van der Waals surface area contributed by atoms with Gasteiger partial charge >= 0.3 is 0 Å². The number of halogens is 3. The van der Waals surface area contributed by atoms with Crippen molar-refractivity contribution in [1.82, 2.24) is 0 Å². The lowest BCUT2D eigenvalue weighted by molar-refractivity contribution is 0.0965. The van der Waals surface area contributed by atoms with E-state index in [0.717, 1.165) is 16.9 Å². The summed E-state index contributed by atoms with van der Waals surface area (Å²) in [7, 11) is 0. The smallest absolute Gasteiger partial charge is 0.258 e. The van der Waals surface area contributed by atoms with E-state index in [-0.39, 0.29) is 23.9 Å². The summed E-state index contributed by atoms with van der Waals surface area (Å²) in [6, 6.07) is 28.6. The van der Waals surface area contributed by atoms with E-state index in [9.17, 15) is 9.59 Å². The molecule has 0 bridgehead atoms. The molecule has 2 atom stereocenters. The molecule has 0 saturated carbocycles. The summed E-state index contributed by atoms with van der Waals surface area (Å²) in [5.74, 6) is -0.314. The van der Waals surface area contributed by atoms with Gasteiger partial charge in [-0.15, -0.1) is 0 Å². The summed E-state index contributed by atoms with van der Waals surface area (Å²) in [5.41, 5.74) is 3.40. The Balaban J connectivity index is 1.60. The fourth-order valence-corrected chi connectivity index (χ4v) is 5.29.